The second kappa shape index (κ2) is 6.62. The molecule has 1 aromatic heterocycles. The number of aromatic amines is 1. The van der Waals surface area contributed by atoms with Crippen LogP contribution < -0.4 is 0 Å². The van der Waals surface area contributed by atoms with Crippen molar-refractivity contribution < 1.29 is 13.9 Å². The minimum absolute atomic E-state index is 0.143. The van der Waals surface area contributed by atoms with Gasteiger partial charge < -0.3 is 4.74 Å². The largest absolute Gasteiger partial charge is 0.461 e. The number of carbonyl (C=O) groups is 1. The van der Waals surface area contributed by atoms with Gasteiger partial charge in [-0.25, -0.2) is 9.18 Å². The van der Waals surface area contributed by atoms with Crippen molar-refractivity contribution in [2.45, 2.75) is 13.8 Å². The van der Waals surface area contributed by atoms with Gasteiger partial charge in [-0.1, -0.05) is 24.3 Å². The van der Waals surface area contributed by atoms with Crippen molar-refractivity contribution in [3.8, 4) is 22.4 Å². The third-order valence-electron chi connectivity index (χ3n) is 3.64. The van der Waals surface area contributed by atoms with Gasteiger partial charge in [-0.3, -0.25) is 0 Å². The van der Waals surface area contributed by atoms with Crippen LogP contribution in [0.2, 0.25) is 0 Å². The van der Waals surface area contributed by atoms with Crippen LogP contribution in [-0.4, -0.2) is 28.0 Å². The Labute approximate surface area is 138 Å². The van der Waals surface area contributed by atoms with Crippen LogP contribution in [0.15, 0.2) is 42.5 Å². The van der Waals surface area contributed by atoms with Gasteiger partial charge in [-0.15, -0.1) is 5.10 Å². The second-order valence-electron chi connectivity index (χ2n) is 5.29. The number of aryl methyl sites for hydroxylation is 1. The fourth-order valence-electron chi connectivity index (χ4n) is 2.44. The molecular formula is C18H16FN3O2. The van der Waals surface area contributed by atoms with E-state index in [9.17, 15) is 9.18 Å². The molecule has 0 saturated heterocycles. The zero-order valence-electron chi connectivity index (χ0n) is 13.3. The van der Waals surface area contributed by atoms with Crippen molar-refractivity contribution in [1.82, 2.24) is 15.4 Å². The Hall–Kier alpha value is -3.02. The van der Waals surface area contributed by atoms with E-state index in [1.54, 1.807) is 26.0 Å². The number of halogens is 1. The second-order valence-corrected chi connectivity index (χ2v) is 5.29. The lowest BCUT2D eigenvalue weighted by atomic mass is 9.99. The molecule has 5 nitrogen and oxygen atoms in total. The molecule has 0 amide bonds. The molecule has 1 heterocycles. The zero-order valence-corrected chi connectivity index (χ0v) is 13.3. The molecule has 2 aromatic carbocycles. The summed E-state index contributed by atoms with van der Waals surface area (Å²) in [6, 6.07) is 12.4. The molecular weight excluding hydrogens is 309 g/mol. The summed E-state index contributed by atoms with van der Waals surface area (Å²) in [5, 5.41) is 10.4. The van der Waals surface area contributed by atoms with E-state index in [2.05, 4.69) is 15.4 Å². The van der Waals surface area contributed by atoms with Crippen molar-refractivity contribution in [3.05, 3.63) is 59.5 Å². The Morgan fingerprint density at radius 1 is 1.12 bits per heavy atom. The first-order chi connectivity index (χ1) is 11.6. The van der Waals surface area contributed by atoms with Crippen LogP contribution >= 0.6 is 0 Å². The molecule has 0 spiro atoms. The Morgan fingerprint density at radius 3 is 2.62 bits per heavy atom. The molecule has 0 fully saturated rings. The van der Waals surface area contributed by atoms with Crippen LogP contribution in [0, 0.1) is 12.7 Å². The maximum atomic E-state index is 13.5. The van der Waals surface area contributed by atoms with E-state index in [0.29, 0.717) is 11.3 Å². The highest BCUT2D eigenvalue weighted by molar-refractivity contribution is 5.94. The molecule has 0 aliphatic rings. The monoisotopic (exact) mass is 325 g/mol. The minimum atomic E-state index is -0.524. The first kappa shape index (κ1) is 15.9. The fourth-order valence-corrected chi connectivity index (χ4v) is 2.44. The average Bonchev–Trinajstić information content (AvgIpc) is 3.07. The summed E-state index contributed by atoms with van der Waals surface area (Å²) in [7, 11) is 0. The molecule has 0 aliphatic heterocycles. The summed E-state index contributed by atoms with van der Waals surface area (Å²) < 4.78 is 18.4. The SMILES string of the molecule is CCOC(=O)c1n[nH]nc1-c1cccc(-c2ccc(F)c(C)c2)c1. The summed E-state index contributed by atoms with van der Waals surface area (Å²) >= 11 is 0. The van der Waals surface area contributed by atoms with E-state index in [0.717, 1.165) is 16.7 Å². The molecule has 0 radical (unpaired) electrons. The van der Waals surface area contributed by atoms with Crippen LogP contribution in [0.4, 0.5) is 4.39 Å². The van der Waals surface area contributed by atoms with Gasteiger partial charge in [0, 0.05) is 5.56 Å². The van der Waals surface area contributed by atoms with Crippen molar-refractivity contribution in [2.24, 2.45) is 0 Å². The lowest BCUT2D eigenvalue weighted by molar-refractivity contribution is 0.0520. The molecule has 3 aromatic rings. The first-order valence-corrected chi connectivity index (χ1v) is 7.55. The van der Waals surface area contributed by atoms with E-state index in [-0.39, 0.29) is 18.1 Å². The summed E-state index contributed by atoms with van der Waals surface area (Å²) in [4.78, 5) is 12.0. The molecule has 0 aliphatic carbocycles. The smallest absolute Gasteiger partial charge is 0.361 e. The van der Waals surface area contributed by atoms with Crippen molar-refractivity contribution in [2.75, 3.05) is 6.61 Å². The van der Waals surface area contributed by atoms with Gasteiger partial charge in [-0.05, 0) is 48.7 Å². The van der Waals surface area contributed by atoms with Crippen LogP contribution in [0.3, 0.4) is 0 Å². The number of esters is 1. The fraction of sp³-hybridized carbons (Fsp3) is 0.167. The number of carbonyl (C=O) groups excluding carboxylic acids is 1. The van der Waals surface area contributed by atoms with Gasteiger partial charge in [0.15, 0.2) is 5.69 Å². The Balaban J connectivity index is 2.01. The Morgan fingerprint density at radius 2 is 1.88 bits per heavy atom. The molecule has 0 bridgehead atoms. The first-order valence-electron chi connectivity index (χ1n) is 7.55. The van der Waals surface area contributed by atoms with Crippen molar-refractivity contribution in [3.63, 3.8) is 0 Å². The third kappa shape index (κ3) is 3.03. The Kier molecular flexibility index (Phi) is 4.37. The van der Waals surface area contributed by atoms with E-state index in [4.69, 9.17) is 4.74 Å². The quantitative estimate of drug-likeness (QED) is 0.742. The van der Waals surface area contributed by atoms with Crippen molar-refractivity contribution in [1.29, 1.82) is 0 Å². The highest BCUT2D eigenvalue weighted by atomic mass is 19.1. The van der Waals surface area contributed by atoms with Gasteiger partial charge in [0.1, 0.15) is 11.5 Å². The number of ether oxygens (including phenoxy) is 1. The zero-order chi connectivity index (χ0) is 17.1. The van der Waals surface area contributed by atoms with Gasteiger partial charge in [0.05, 0.1) is 6.61 Å². The van der Waals surface area contributed by atoms with Gasteiger partial charge in [0.25, 0.3) is 0 Å². The summed E-state index contributed by atoms with van der Waals surface area (Å²) in [5.41, 5.74) is 3.65. The number of nitrogens with one attached hydrogen (secondary N) is 1. The average molecular weight is 325 g/mol. The van der Waals surface area contributed by atoms with E-state index in [1.807, 2.05) is 24.3 Å². The van der Waals surface area contributed by atoms with Gasteiger partial charge in [-0.2, -0.15) is 10.3 Å². The molecule has 24 heavy (non-hydrogen) atoms. The molecule has 6 heteroatoms. The topological polar surface area (TPSA) is 67.9 Å². The van der Waals surface area contributed by atoms with Gasteiger partial charge in [0.2, 0.25) is 0 Å². The van der Waals surface area contributed by atoms with E-state index in [1.165, 1.54) is 6.07 Å². The Bertz CT molecular complexity index is 889. The normalized spacial score (nSPS) is 10.6. The number of H-pyrrole nitrogens is 1. The molecule has 0 atom stereocenters. The van der Waals surface area contributed by atoms with Crippen LogP contribution in [-0.2, 0) is 4.74 Å². The lowest BCUT2D eigenvalue weighted by Gasteiger charge is -2.06. The molecule has 1 N–H and O–H groups in total. The number of rotatable bonds is 4. The summed E-state index contributed by atoms with van der Waals surface area (Å²) in [6.45, 7) is 3.72. The summed E-state index contributed by atoms with van der Waals surface area (Å²) in [6.07, 6.45) is 0. The number of hydrogen-bond acceptors (Lipinski definition) is 4. The molecule has 0 unspecified atom stereocenters. The summed E-state index contributed by atoms with van der Waals surface area (Å²) in [5.74, 6) is -0.764. The molecule has 122 valence electrons. The predicted molar refractivity (Wildman–Crippen MR) is 87.9 cm³/mol. The standard InChI is InChI=1S/C18H16FN3O2/c1-3-24-18(23)17-16(20-22-21-17)14-6-4-5-12(10-14)13-7-8-15(19)11(2)9-13/h4-10H,3H2,1-2H3,(H,20,21,22). The van der Waals surface area contributed by atoms with Crippen LogP contribution in [0.1, 0.15) is 23.0 Å². The van der Waals surface area contributed by atoms with Crippen LogP contribution in [0.25, 0.3) is 22.4 Å². The van der Waals surface area contributed by atoms with Crippen molar-refractivity contribution >= 4 is 5.97 Å². The predicted octanol–water partition coefficient (Wildman–Crippen LogP) is 3.76. The minimum Gasteiger partial charge on any atom is -0.461 e. The lowest BCUT2D eigenvalue weighted by Crippen LogP contribution is -2.06. The highest BCUT2D eigenvalue weighted by Crippen LogP contribution is 2.27. The number of hydrogen-bond donors (Lipinski definition) is 1. The van der Waals surface area contributed by atoms with E-state index < -0.39 is 5.97 Å². The number of aromatic nitrogens is 3. The maximum absolute atomic E-state index is 13.5. The molecule has 0 saturated carbocycles. The molecule has 3 rings (SSSR count). The number of benzene rings is 2. The number of nitrogens with zero attached hydrogens (tertiary/aromatic N) is 2. The van der Waals surface area contributed by atoms with Gasteiger partial charge >= 0.3 is 5.97 Å². The highest BCUT2D eigenvalue weighted by Gasteiger charge is 2.19. The third-order valence-corrected chi connectivity index (χ3v) is 3.64. The van der Waals surface area contributed by atoms with E-state index >= 15 is 0 Å². The maximum Gasteiger partial charge on any atom is 0.361 e. The van der Waals surface area contributed by atoms with Crippen LogP contribution in [0.5, 0.6) is 0 Å².